The Morgan fingerprint density at radius 2 is 2.21 bits per heavy atom. The predicted octanol–water partition coefficient (Wildman–Crippen LogP) is 2.31. The molecule has 1 amide bonds. The number of ether oxygens (including phenoxy) is 2. The number of carbonyl (C=O) groups excluding carboxylic acids is 1. The van der Waals surface area contributed by atoms with Gasteiger partial charge in [0.1, 0.15) is 5.75 Å². The van der Waals surface area contributed by atoms with Crippen LogP contribution in [0.2, 0.25) is 0 Å². The van der Waals surface area contributed by atoms with Crippen molar-refractivity contribution in [1.29, 1.82) is 0 Å². The van der Waals surface area contributed by atoms with Crippen LogP contribution in [0.5, 0.6) is 5.75 Å². The summed E-state index contributed by atoms with van der Waals surface area (Å²) < 4.78 is 10.5. The molecule has 1 N–H and O–H groups in total. The largest absolute Gasteiger partial charge is 0.494 e. The lowest BCUT2D eigenvalue weighted by molar-refractivity contribution is -0.122. The van der Waals surface area contributed by atoms with Crippen molar-refractivity contribution in [2.45, 2.75) is 32.7 Å². The lowest BCUT2D eigenvalue weighted by Gasteiger charge is -2.12. The van der Waals surface area contributed by atoms with E-state index < -0.39 is 0 Å². The lowest BCUT2D eigenvalue weighted by atomic mass is 10.2. The van der Waals surface area contributed by atoms with E-state index in [1.807, 2.05) is 38.1 Å². The van der Waals surface area contributed by atoms with Gasteiger partial charge >= 0.3 is 0 Å². The molecule has 106 valence electrons. The summed E-state index contributed by atoms with van der Waals surface area (Å²) in [6.45, 7) is 5.03. The summed E-state index contributed by atoms with van der Waals surface area (Å²) in [4.78, 5) is 11.6. The number of methoxy groups -OCH3 is 1. The second-order valence-corrected chi connectivity index (χ2v) is 4.69. The molecule has 0 aliphatic heterocycles. The quantitative estimate of drug-likeness (QED) is 0.734. The van der Waals surface area contributed by atoms with Crippen LogP contribution in [0.25, 0.3) is 0 Å². The van der Waals surface area contributed by atoms with Gasteiger partial charge in [-0.2, -0.15) is 0 Å². The first-order valence-corrected chi connectivity index (χ1v) is 6.59. The number of hydrogen-bond donors (Lipinski definition) is 1. The fourth-order valence-electron chi connectivity index (χ4n) is 1.77. The maximum atomic E-state index is 11.6. The van der Waals surface area contributed by atoms with Crippen molar-refractivity contribution in [1.82, 2.24) is 5.32 Å². The molecule has 0 aliphatic rings. The van der Waals surface area contributed by atoms with Crippen LogP contribution < -0.4 is 10.1 Å². The molecule has 0 saturated heterocycles. The number of aryl methyl sites for hydroxylation is 1. The van der Waals surface area contributed by atoms with E-state index in [9.17, 15) is 4.79 Å². The molecule has 0 bridgehead atoms. The minimum absolute atomic E-state index is 0.0393. The van der Waals surface area contributed by atoms with Crippen LogP contribution in [-0.4, -0.2) is 32.3 Å². The van der Waals surface area contributed by atoms with Crippen LogP contribution in [0.15, 0.2) is 24.3 Å². The van der Waals surface area contributed by atoms with Crippen molar-refractivity contribution in [3.63, 3.8) is 0 Å². The number of carbonyl (C=O) groups is 1. The SMILES string of the molecule is COCC(C)NC(=O)CCCOc1cccc(C)c1. The smallest absolute Gasteiger partial charge is 0.220 e. The van der Waals surface area contributed by atoms with E-state index in [1.165, 1.54) is 5.56 Å². The van der Waals surface area contributed by atoms with Crippen LogP contribution in [-0.2, 0) is 9.53 Å². The molecule has 0 aromatic heterocycles. The summed E-state index contributed by atoms with van der Waals surface area (Å²) in [5, 5.41) is 2.87. The molecule has 1 unspecified atom stereocenters. The maximum Gasteiger partial charge on any atom is 0.220 e. The van der Waals surface area contributed by atoms with Gasteiger partial charge in [-0.1, -0.05) is 12.1 Å². The topological polar surface area (TPSA) is 47.6 Å². The molecular formula is C15H23NO3. The highest BCUT2D eigenvalue weighted by Gasteiger charge is 2.06. The maximum absolute atomic E-state index is 11.6. The van der Waals surface area contributed by atoms with Gasteiger partial charge in [-0.15, -0.1) is 0 Å². The highest BCUT2D eigenvalue weighted by atomic mass is 16.5. The number of hydrogen-bond acceptors (Lipinski definition) is 3. The fraction of sp³-hybridized carbons (Fsp3) is 0.533. The molecule has 0 heterocycles. The van der Waals surface area contributed by atoms with Gasteiger partial charge in [0.25, 0.3) is 0 Å². The Bertz CT molecular complexity index is 393. The highest BCUT2D eigenvalue weighted by molar-refractivity contribution is 5.76. The molecule has 0 saturated carbocycles. The van der Waals surface area contributed by atoms with E-state index in [0.29, 0.717) is 26.1 Å². The average molecular weight is 265 g/mol. The van der Waals surface area contributed by atoms with Crippen molar-refractivity contribution in [3.8, 4) is 5.75 Å². The van der Waals surface area contributed by atoms with Crippen LogP contribution >= 0.6 is 0 Å². The number of nitrogens with one attached hydrogen (secondary N) is 1. The minimum Gasteiger partial charge on any atom is -0.494 e. The van der Waals surface area contributed by atoms with Gasteiger partial charge in [0, 0.05) is 19.6 Å². The Kier molecular flexibility index (Phi) is 6.97. The van der Waals surface area contributed by atoms with E-state index in [2.05, 4.69) is 5.32 Å². The Labute approximate surface area is 115 Å². The zero-order valence-electron chi connectivity index (χ0n) is 11.9. The molecule has 0 fully saturated rings. The first-order valence-electron chi connectivity index (χ1n) is 6.59. The van der Waals surface area contributed by atoms with Gasteiger partial charge in [-0.3, -0.25) is 4.79 Å². The molecule has 0 spiro atoms. The summed E-state index contributed by atoms with van der Waals surface area (Å²) in [5.41, 5.74) is 1.17. The first-order chi connectivity index (χ1) is 9.11. The van der Waals surface area contributed by atoms with E-state index in [0.717, 1.165) is 5.75 Å². The van der Waals surface area contributed by atoms with Crippen molar-refractivity contribution in [3.05, 3.63) is 29.8 Å². The van der Waals surface area contributed by atoms with Crippen molar-refractivity contribution in [2.75, 3.05) is 20.3 Å². The average Bonchev–Trinajstić information content (AvgIpc) is 2.35. The van der Waals surface area contributed by atoms with E-state index in [-0.39, 0.29) is 11.9 Å². The van der Waals surface area contributed by atoms with Gasteiger partial charge in [0.2, 0.25) is 5.91 Å². The van der Waals surface area contributed by atoms with Gasteiger partial charge in [0.05, 0.1) is 13.2 Å². The third-order valence-corrected chi connectivity index (χ3v) is 2.63. The molecular weight excluding hydrogens is 242 g/mol. The van der Waals surface area contributed by atoms with E-state index in [4.69, 9.17) is 9.47 Å². The molecule has 1 rings (SSSR count). The van der Waals surface area contributed by atoms with Crippen molar-refractivity contribution < 1.29 is 14.3 Å². The van der Waals surface area contributed by atoms with E-state index >= 15 is 0 Å². The Morgan fingerprint density at radius 1 is 1.42 bits per heavy atom. The van der Waals surface area contributed by atoms with Gasteiger partial charge in [-0.05, 0) is 38.0 Å². The van der Waals surface area contributed by atoms with Crippen molar-refractivity contribution in [2.24, 2.45) is 0 Å². The third kappa shape index (κ3) is 6.82. The summed E-state index contributed by atoms with van der Waals surface area (Å²) in [6.07, 6.45) is 1.18. The molecule has 0 aliphatic carbocycles. The van der Waals surface area contributed by atoms with Crippen LogP contribution in [0.1, 0.15) is 25.3 Å². The van der Waals surface area contributed by atoms with E-state index in [1.54, 1.807) is 7.11 Å². The molecule has 1 atom stereocenters. The Hall–Kier alpha value is -1.55. The molecule has 1 aromatic carbocycles. The molecule has 0 radical (unpaired) electrons. The van der Waals surface area contributed by atoms with Crippen LogP contribution in [0.4, 0.5) is 0 Å². The lowest BCUT2D eigenvalue weighted by Crippen LogP contribution is -2.35. The number of benzene rings is 1. The number of rotatable bonds is 8. The second kappa shape index (κ2) is 8.53. The third-order valence-electron chi connectivity index (χ3n) is 2.63. The predicted molar refractivity (Wildman–Crippen MR) is 75.4 cm³/mol. The molecule has 1 aromatic rings. The standard InChI is InChI=1S/C15H23NO3/c1-12-6-4-7-14(10-12)19-9-5-8-15(17)16-13(2)11-18-3/h4,6-7,10,13H,5,8-9,11H2,1-3H3,(H,16,17). The first kappa shape index (κ1) is 15.5. The minimum atomic E-state index is 0.0393. The zero-order chi connectivity index (χ0) is 14.1. The summed E-state index contributed by atoms with van der Waals surface area (Å²) in [6, 6.07) is 7.95. The summed E-state index contributed by atoms with van der Waals surface area (Å²) in [7, 11) is 1.62. The summed E-state index contributed by atoms with van der Waals surface area (Å²) in [5.74, 6) is 0.894. The van der Waals surface area contributed by atoms with Gasteiger partial charge < -0.3 is 14.8 Å². The Balaban J connectivity index is 2.15. The highest BCUT2D eigenvalue weighted by Crippen LogP contribution is 2.12. The molecule has 19 heavy (non-hydrogen) atoms. The molecule has 4 nitrogen and oxygen atoms in total. The monoisotopic (exact) mass is 265 g/mol. The van der Waals surface area contributed by atoms with Gasteiger partial charge in [-0.25, -0.2) is 0 Å². The zero-order valence-corrected chi connectivity index (χ0v) is 11.9. The summed E-state index contributed by atoms with van der Waals surface area (Å²) >= 11 is 0. The van der Waals surface area contributed by atoms with Crippen molar-refractivity contribution >= 4 is 5.91 Å². The normalized spacial score (nSPS) is 11.9. The fourth-order valence-corrected chi connectivity index (χ4v) is 1.77. The second-order valence-electron chi connectivity index (χ2n) is 4.69. The Morgan fingerprint density at radius 3 is 2.89 bits per heavy atom. The number of amides is 1. The van der Waals surface area contributed by atoms with Gasteiger partial charge in [0.15, 0.2) is 0 Å². The molecule has 4 heteroatoms. The van der Waals surface area contributed by atoms with Crippen LogP contribution in [0, 0.1) is 6.92 Å². The van der Waals surface area contributed by atoms with Crippen LogP contribution in [0.3, 0.4) is 0 Å².